The number of rotatable bonds is 5. The van der Waals surface area contributed by atoms with Gasteiger partial charge in [0.05, 0.1) is 6.54 Å². The molecule has 0 aliphatic heterocycles. The standard InChI is InChI=1S/C19H25N3O/c1-19(2,3)22-18(20)21-13-16-10-7-11-17(12-16)23-14-15-8-5-4-6-9-15/h4-12H,13-14H2,1-3H3,(H3,20,21,22). The summed E-state index contributed by atoms with van der Waals surface area (Å²) in [7, 11) is 0. The fourth-order valence-electron chi connectivity index (χ4n) is 2.07. The fourth-order valence-corrected chi connectivity index (χ4v) is 2.07. The first kappa shape index (κ1) is 16.9. The van der Waals surface area contributed by atoms with Gasteiger partial charge >= 0.3 is 0 Å². The molecule has 0 saturated heterocycles. The van der Waals surface area contributed by atoms with Crippen molar-refractivity contribution in [3.8, 4) is 5.75 Å². The minimum atomic E-state index is -0.0891. The summed E-state index contributed by atoms with van der Waals surface area (Å²) in [5.74, 6) is 1.29. The van der Waals surface area contributed by atoms with Crippen LogP contribution in [0.3, 0.4) is 0 Å². The SMILES string of the molecule is CC(C)(C)NC(N)=NCc1cccc(OCc2ccccc2)c1. The van der Waals surface area contributed by atoms with E-state index in [1.807, 2.05) is 75.4 Å². The van der Waals surface area contributed by atoms with E-state index < -0.39 is 0 Å². The third kappa shape index (κ3) is 6.43. The van der Waals surface area contributed by atoms with Crippen LogP contribution < -0.4 is 15.8 Å². The van der Waals surface area contributed by atoms with E-state index in [4.69, 9.17) is 10.5 Å². The minimum absolute atomic E-state index is 0.0891. The first-order chi connectivity index (χ1) is 10.9. The maximum Gasteiger partial charge on any atom is 0.189 e. The smallest absolute Gasteiger partial charge is 0.189 e. The Morgan fingerprint density at radius 2 is 1.74 bits per heavy atom. The van der Waals surface area contributed by atoms with Crippen LogP contribution >= 0.6 is 0 Å². The Morgan fingerprint density at radius 3 is 2.43 bits per heavy atom. The number of guanidine groups is 1. The molecule has 2 aromatic rings. The molecule has 0 bridgehead atoms. The number of hydrogen-bond acceptors (Lipinski definition) is 2. The Kier molecular flexibility index (Phi) is 5.63. The van der Waals surface area contributed by atoms with Crippen LogP contribution in [0.25, 0.3) is 0 Å². The minimum Gasteiger partial charge on any atom is -0.489 e. The van der Waals surface area contributed by atoms with Crippen LogP contribution in [0.4, 0.5) is 0 Å². The number of nitrogens with one attached hydrogen (secondary N) is 1. The van der Waals surface area contributed by atoms with Gasteiger partial charge < -0.3 is 15.8 Å². The zero-order chi connectivity index (χ0) is 16.7. The molecule has 2 aromatic carbocycles. The molecule has 0 heterocycles. The van der Waals surface area contributed by atoms with Crippen molar-refractivity contribution >= 4 is 5.96 Å². The molecule has 0 spiro atoms. The fraction of sp³-hybridized carbons (Fsp3) is 0.316. The number of nitrogens with two attached hydrogens (primary N) is 1. The lowest BCUT2D eigenvalue weighted by molar-refractivity contribution is 0.306. The van der Waals surface area contributed by atoms with Crippen molar-refractivity contribution in [1.29, 1.82) is 0 Å². The van der Waals surface area contributed by atoms with Crippen LogP contribution in [0.2, 0.25) is 0 Å². The largest absolute Gasteiger partial charge is 0.489 e. The highest BCUT2D eigenvalue weighted by Crippen LogP contribution is 2.16. The Bertz CT molecular complexity index is 645. The van der Waals surface area contributed by atoms with Crippen LogP contribution in [-0.2, 0) is 13.2 Å². The molecule has 0 saturated carbocycles. The molecule has 4 heteroatoms. The lowest BCUT2D eigenvalue weighted by Gasteiger charge is -2.21. The van der Waals surface area contributed by atoms with Gasteiger partial charge in [-0.25, -0.2) is 4.99 Å². The van der Waals surface area contributed by atoms with Crippen molar-refractivity contribution in [2.45, 2.75) is 39.5 Å². The van der Waals surface area contributed by atoms with Gasteiger partial charge in [-0.05, 0) is 44.0 Å². The van der Waals surface area contributed by atoms with Crippen LogP contribution in [0.1, 0.15) is 31.9 Å². The zero-order valence-electron chi connectivity index (χ0n) is 14.0. The number of hydrogen-bond donors (Lipinski definition) is 2. The quantitative estimate of drug-likeness (QED) is 0.656. The first-order valence-electron chi connectivity index (χ1n) is 7.76. The number of nitrogens with zero attached hydrogens (tertiary/aromatic N) is 1. The first-order valence-corrected chi connectivity index (χ1v) is 7.76. The van der Waals surface area contributed by atoms with Crippen molar-refractivity contribution in [2.24, 2.45) is 10.7 Å². The normalized spacial score (nSPS) is 12.0. The molecular formula is C19H25N3O. The van der Waals surface area contributed by atoms with Gasteiger partial charge in [0, 0.05) is 5.54 Å². The van der Waals surface area contributed by atoms with E-state index in [2.05, 4.69) is 10.3 Å². The van der Waals surface area contributed by atoms with E-state index in [-0.39, 0.29) is 5.54 Å². The Labute approximate surface area is 138 Å². The van der Waals surface area contributed by atoms with Gasteiger partial charge in [0.25, 0.3) is 0 Å². The summed E-state index contributed by atoms with van der Waals surface area (Å²) in [4.78, 5) is 4.37. The van der Waals surface area contributed by atoms with Crippen molar-refractivity contribution in [3.63, 3.8) is 0 Å². The summed E-state index contributed by atoms with van der Waals surface area (Å²) < 4.78 is 5.82. The Balaban J connectivity index is 1.93. The highest BCUT2D eigenvalue weighted by Gasteiger charge is 2.09. The summed E-state index contributed by atoms with van der Waals surface area (Å²) in [6, 6.07) is 18.0. The lowest BCUT2D eigenvalue weighted by Crippen LogP contribution is -2.44. The third-order valence-electron chi connectivity index (χ3n) is 3.08. The summed E-state index contributed by atoms with van der Waals surface area (Å²) in [5, 5.41) is 3.15. The van der Waals surface area contributed by atoms with Crippen molar-refractivity contribution < 1.29 is 4.74 Å². The van der Waals surface area contributed by atoms with Gasteiger partial charge in [-0.2, -0.15) is 0 Å². The van der Waals surface area contributed by atoms with E-state index in [1.165, 1.54) is 0 Å². The molecule has 0 aliphatic carbocycles. The van der Waals surface area contributed by atoms with Crippen LogP contribution in [0.5, 0.6) is 5.75 Å². The van der Waals surface area contributed by atoms with Gasteiger partial charge in [-0.3, -0.25) is 0 Å². The molecule has 122 valence electrons. The number of ether oxygens (including phenoxy) is 1. The highest BCUT2D eigenvalue weighted by atomic mass is 16.5. The van der Waals surface area contributed by atoms with Gasteiger partial charge in [0.1, 0.15) is 12.4 Å². The topological polar surface area (TPSA) is 59.6 Å². The van der Waals surface area contributed by atoms with Gasteiger partial charge in [-0.15, -0.1) is 0 Å². The van der Waals surface area contributed by atoms with Gasteiger partial charge in [0.2, 0.25) is 0 Å². The van der Waals surface area contributed by atoms with Crippen LogP contribution in [-0.4, -0.2) is 11.5 Å². The molecule has 23 heavy (non-hydrogen) atoms. The maximum atomic E-state index is 5.89. The van der Waals surface area contributed by atoms with E-state index in [0.29, 0.717) is 19.1 Å². The second kappa shape index (κ2) is 7.68. The number of benzene rings is 2. The van der Waals surface area contributed by atoms with Gasteiger partial charge in [-0.1, -0.05) is 42.5 Å². The number of aliphatic imine (C=N–C) groups is 1. The van der Waals surface area contributed by atoms with E-state index in [1.54, 1.807) is 0 Å². The maximum absolute atomic E-state index is 5.89. The zero-order valence-corrected chi connectivity index (χ0v) is 14.0. The van der Waals surface area contributed by atoms with Gasteiger partial charge in [0.15, 0.2) is 5.96 Å². The predicted molar refractivity (Wildman–Crippen MR) is 95.4 cm³/mol. The molecule has 4 nitrogen and oxygen atoms in total. The Morgan fingerprint density at radius 1 is 1.04 bits per heavy atom. The van der Waals surface area contributed by atoms with Crippen LogP contribution in [0.15, 0.2) is 59.6 Å². The summed E-state index contributed by atoms with van der Waals surface area (Å²) in [6.07, 6.45) is 0. The molecule has 0 unspecified atom stereocenters. The molecule has 0 aromatic heterocycles. The van der Waals surface area contributed by atoms with Crippen molar-refractivity contribution in [1.82, 2.24) is 5.32 Å². The lowest BCUT2D eigenvalue weighted by atomic mass is 10.1. The molecule has 0 amide bonds. The molecule has 2 rings (SSSR count). The summed E-state index contributed by atoms with van der Waals surface area (Å²) >= 11 is 0. The third-order valence-corrected chi connectivity index (χ3v) is 3.08. The van der Waals surface area contributed by atoms with E-state index in [0.717, 1.165) is 16.9 Å². The average Bonchev–Trinajstić information content (AvgIpc) is 2.51. The average molecular weight is 311 g/mol. The molecule has 0 fully saturated rings. The molecule has 3 N–H and O–H groups in total. The van der Waals surface area contributed by atoms with E-state index >= 15 is 0 Å². The second-order valence-corrected chi connectivity index (χ2v) is 6.50. The van der Waals surface area contributed by atoms with E-state index in [9.17, 15) is 0 Å². The summed E-state index contributed by atoms with van der Waals surface area (Å²) in [5.41, 5.74) is 8.01. The molecule has 0 atom stereocenters. The van der Waals surface area contributed by atoms with Crippen molar-refractivity contribution in [2.75, 3.05) is 0 Å². The summed E-state index contributed by atoms with van der Waals surface area (Å²) in [6.45, 7) is 7.23. The highest BCUT2D eigenvalue weighted by molar-refractivity contribution is 5.78. The van der Waals surface area contributed by atoms with Crippen LogP contribution in [0, 0.1) is 0 Å². The molecule has 0 aliphatic rings. The molecular weight excluding hydrogens is 286 g/mol. The monoisotopic (exact) mass is 311 g/mol. The molecule has 0 radical (unpaired) electrons. The Hall–Kier alpha value is -2.49. The van der Waals surface area contributed by atoms with Crippen molar-refractivity contribution in [3.05, 3.63) is 65.7 Å². The second-order valence-electron chi connectivity index (χ2n) is 6.50. The predicted octanol–water partition coefficient (Wildman–Crippen LogP) is 3.47.